The smallest absolute Gasteiger partial charge is 0.240 e. The predicted molar refractivity (Wildman–Crippen MR) is 92.8 cm³/mol. The van der Waals surface area contributed by atoms with Gasteiger partial charge in [0.15, 0.2) is 0 Å². The van der Waals surface area contributed by atoms with E-state index in [9.17, 15) is 9.90 Å². The normalized spacial score (nSPS) is 17.5. The number of hydrogen-bond acceptors (Lipinski definition) is 7. The summed E-state index contributed by atoms with van der Waals surface area (Å²) in [5, 5.41) is 21.1. The number of piperazine rings is 1. The number of anilines is 1. The fraction of sp³-hybridized carbons (Fsp3) is 0.438. The van der Waals surface area contributed by atoms with Crippen molar-refractivity contribution in [1.82, 2.24) is 20.0 Å². The Morgan fingerprint density at radius 3 is 2.58 bits per heavy atom. The van der Waals surface area contributed by atoms with Gasteiger partial charge in [-0.15, -0.1) is 10.2 Å². The van der Waals surface area contributed by atoms with Crippen molar-refractivity contribution < 1.29 is 9.90 Å². The van der Waals surface area contributed by atoms with Gasteiger partial charge in [-0.2, -0.15) is 0 Å². The summed E-state index contributed by atoms with van der Waals surface area (Å²) in [6.45, 7) is 4.28. The first kappa shape index (κ1) is 17.0. The van der Waals surface area contributed by atoms with E-state index in [0.29, 0.717) is 18.2 Å². The molecule has 7 nitrogen and oxygen atoms in total. The minimum Gasteiger partial charge on any atom is -0.387 e. The highest BCUT2D eigenvalue weighted by atomic mass is 32.1. The Morgan fingerprint density at radius 2 is 1.92 bits per heavy atom. The number of nitrogens with one attached hydrogen (secondary N) is 1. The van der Waals surface area contributed by atoms with Crippen LogP contribution in [0.3, 0.4) is 0 Å². The van der Waals surface area contributed by atoms with Crippen LogP contribution in [0.2, 0.25) is 0 Å². The van der Waals surface area contributed by atoms with Gasteiger partial charge in [-0.25, -0.2) is 0 Å². The summed E-state index contributed by atoms with van der Waals surface area (Å²) in [6, 6.07) is 9.71. The molecule has 1 saturated heterocycles. The van der Waals surface area contributed by atoms with Gasteiger partial charge in [0, 0.05) is 32.7 Å². The quantitative estimate of drug-likeness (QED) is 0.805. The lowest BCUT2D eigenvalue weighted by Gasteiger charge is -2.35. The molecule has 128 valence electrons. The molecule has 2 heterocycles. The zero-order valence-electron chi connectivity index (χ0n) is 13.3. The Hall–Kier alpha value is -1.87. The summed E-state index contributed by atoms with van der Waals surface area (Å²) < 4.78 is 0. The highest BCUT2D eigenvalue weighted by Gasteiger charge is 2.21. The molecule has 1 fully saturated rings. The maximum Gasteiger partial charge on any atom is 0.240 e. The molecule has 2 N–H and O–H groups in total. The summed E-state index contributed by atoms with van der Waals surface area (Å²) in [4.78, 5) is 16.3. The molecular weight excluding hydrogens is 326 g/mol. The van der Waals surface area contributed by atoms with Crippen LogP contribution in [0, 0.1) is 0 Å². The first-order valence-corrected chi connectivity index (χ1v) is 8.82. The molecule has 1 aromatic heterocycles. The van der Waals surface area contributed by atoms with Crippen LogP contribution in [-0.4, -0.2) is 70.3 Å². The third-order valence-electron chi connectivity index (χ3n) is 4.05. The highest BCUT2D eigenvalue weighted by molar-refractivity contribution is 7.13. The third kappa shape index (κ3) is 4.81. The van der Waals surface area contributed by atoms with E-state index < -0.39 is 6.10 Å². The Morgan fingerprint density at radius 1 is 1.21 bits per heavy atom. The van der Waals surface area contributed by atoms with Crippen LogP contribution in [0.5, 0.6) is 0 Å². The number of amides is 1. The Bertz CT molecular complexity index is 629. The van der Waals surface area contributed by atoms with Crippen LogP contribution in [-0.2, 0) is 4.79 Å². The first-order chi connectivity index (χ1) is 11.7. The summed E-state index contributed by atoms with van der Waals surface area (Å²) in [7, 11) is 0. The first-order valence-electron chi connectivity index (χ1n) is 7.94. The minimum atomic E-state index is -0.474. The van der Waals surface area contributed by atoms with Gasteiger partial charge >= 0.3 is 0 Å². The number of aliphatic hydroxyl groups excluding tert-OH is 1. The molecule has 0 bridgehead atoms. The average Bonchev–Trinajstić information content (AvgIpc) is 3.10. The summed E-state index contributed by atoms with van der Waals surface area (Å²) >= 11 is 1.31. The minimum absolute atomic E-state index is 0.0653. The van der Waals surface area contributed by atoms with E-state index in [4.69, 9.17) is 0 Å². The molecule has 8 heteroatoms. The van der Waals surface area contributed by atoms with E-state index >= 15 is 0 Å². The number of hydrogen-bond donors (Lipinski definition) is 2. The SMILES string of the molecule is O=C(CN1CCN(C[C@@H](O)c2ccccc2)CC1)Nc1nncs1. The molecule has 24 heavy (non-hydrogen) atoms. The summed E-state index contributed by atoms with van der Waals surface area (Å²) in [5.41, 5.74) is 2.53. The van der Waals surface area contributed by atoms with E-state index in [-0.39, 0.29) is 5.91 Å². The monoisotopic (exact) mass is 347 g/mol. The van der Waals surface area contributed by atoms with Gasteiger partial charge < -0.3 is 5.11 Å². The lowest BCUT2D eigenvalue weighted by molar-refractivity contribution is -0.117. The standard InChI is InChI=1S/C16H21N5O2S/c22-14(13-4-2-1-3-5-13)10-20-6-8-21(9-7-20)11-15(23)18-16-19-17-12-24-16/h1-5,12,14,22H,6-11H2,(H,18,19,23)/t14-/m1/s1. The Labute approximate surface area is 144 Å². The van der Waals surface area contributed by atoms with Gasteiger partial charge in [-0.05, 0) is 5.56 Å². The van der Waals surface area contributed by atoms with Gasteiger partial charge in [0.1, 0.15) is 5.51 Å². The van der Waals surface area contributed by atoms with Crippen LogP contribution in [0.15, 0.2) is 35.8 Å². The lowest BCUT2D eigenvalue weighted by atomic mass is 10.1. The summed E-state index contributed by atoms with van der Waals surface area (Å²) in [6.07, 6.45) is -0.474. The zero-order chi connectivity index (χ0) is 16.8. The molecule has 2 aromatic rings. The number of benzene rings is 1. The molecule has 0 aliphatic carbocycles. The van der Waals surface area contributed by atoms with Gasteiger partial charge in [-0.1, -0.05) is 41.7 Å². The molecular formula is C16H21N5O2S. The number of β-amino-alcohol motifs (C(OH)–C–C–N with tert-alkyl or cyclic N) is 1. The number of carbonyl (C=O) groups is 1. The largest absolute Gasteiger partial charge is 0.387 e. The number of nitrogens with zero attached hydrogens (tertiary/aromatic N) is 4. The number of carbonyl (C=O) groups excluding carboxylic acids is 1. The molecule has 1 amide bonds. The van der Waals surface area contributed by atoms with Crippen LogP contribution in [0.1, 0.15) is 11.7 Å². The molecule has 1 aromatic carbocycles. The number of rotatable bonds is 6. The van der Waals surface area contributed by atoms with Crippen molar-refractivity contribution in [3.8, 4) is 0 Å². The lowest BCUT2D eigenvalue weighted by Crippen LogP contribution is -2.49. The second-order valence-corrected chi connectivity index (χ2v) is 6.63. The van der Waals surface area contributed by atoms with Crippen LogP contribution in [0.4, 0.5) is 5.13 Å². The summed E-state index contributed by atoms with van der Waals surface area (Å²) in [5.74, 6) is -0.0653. The topological polar surface area (TPSA) is 81.6 Å². The molecule has 1 aliphatic heterocycles. The van der Waals surface area contributed by atoms with Crippen molar-refractivity contribution in [2.24, 2.45) is 0 Å². The molecule has 0 spiro atoms. The third-order valence-corrected chi connectivity index (χ3v) is 4.66. The van der Waals surface area contributed by atoms with Crippen LogP contribution in [0.25, 0.3) is 0 Å². The Kier molecular flexibility index (Phi) is 5.86. The van der Waals surface area contributed by atoms with Crippen molar-refractivity contribution >= 4 is 22.4 Å². The molecule has 1 aliphatic rings. The molecule has 3 rings (SSSR count). The second kappa shape index (κ2) is 8.29. The maximum atomic E-state index is 12.0. The fourth-order valence-corrected chi connectivity index (χ4v) is 3.21. The van der Waals surface area contributed by atoms with Gasteiger partial charge in [0.25, 0.3) is 0 Å². The van der Waals surface area contributed by atoms with Crippen molar-refractivity contribution in [2.45, 2.75) is 6.10 Å². The maximum absolute atomic E-state index is 12.0. The van der Waals surface area contributed by atoms with Crippen LogP contribution >= 0.6 is 11.3 Å². The Balaban J connectivity index is 1.40. The predicted octanol–water partition coefficient (Wildman–Crippen LogP) is 0.828. The average molecular weight is 347 g/mol. The number of aromatic nitrogens is 2. The molecule has 0 radical (unpaired) electrons. The van der Waals surface area contributed by atoms with E-state index in [1.54, 1.807) is 5.51 Å². The molecule has 0 saturated carbocycles. The van der Waals surface area contributed by atoms with E-state index in [0.717, 1.165) is 31.7 Å². The van der Waals surface area contributed by atoms with Crippen molar-refractivity contribution in [2.75, 3.05) is 44.6 Å². The van der Waals surface area contributed by atoms with Crippen molar-refractivity contribution in [1.29, 1.82) is 0 Å². The highest BCUT2D eigenvalue weighted by Crippen LogP contribution is 2.15. The van der Waals surface area contributed by atoms with Crippen molar-refractivity contribution in [3.63, 3.8) is 0 Å². The number of aliphatic hydroxyl groups is 1. The van der Waals surface area contributed by atoms with Crippen LogP contribution < -0.4 is 5.32 Å². The zero-order valence-corrected chi connectivity index (χ0v) is 14.2. The molecule has 0 unspecified atom stereocenters. The second-order valence-electron chi connectivity index (χ2n) is 5.80. The molecule has 1 atom stereocenters. The van der Waals surface area contributed by atoms with Gasteiger partial charge in [0.2, 0.25) is 11.0 Å². The van der Waals surface area contributed by atoms with E-state index in [1.165, 1.54) is 11.3 Å². The van der Waals surface area contributed by atoms with Gasteiger partial charge in [-0.3, -0.25) is 19.9 Å². The van der Waals surface area contributed by atoms with E-state index in [1.807, 2.05) is 30.3 Å². The van der Waals surface area contributed by atoms with Gasteiger partial charge in [0.05, 0.1) is 12.6 Å². The van der Waals surface area contributed by atoms with E-state index in [2.05, 4.69) is 25.3 Å². The fourth-order valence-electron chi connectivity index (χ4n) is 2.74. The van der Waals surface area contributed by atoms with Crippen molar-refractivity contribution in [3.05, 3.63) is 41.4 Å².